The summed E-state index contributed by atoms with van der Waals surface area (Å²) in [4.78, 5) is 19.9. The van der Waals surface area contributed by atoms with Crippen molar-refractivity contribution in [1.82, 2.24) is 0 Å². The van der Waals surface area contributed by atoms with Crippen LogP contribution >= 0.6 is 0 Å². The molecule has 0 amide bonds. The SMILES string of the molecule is [C-]#[N+]c1ccc(C(C)(C#C)OC(=O)c2ccc([S+](c3ccccc3)c3ccccc3)cc2)cc1. The van der Waals surface area contributed by atoms with Gasteiger partial charge in [-0.05, 0) is 55.5 Å². The molecule has 164 valence electrons. The zero-order chi connectivity index (χ0) is 24.0. The summed E-state index contributed by atoms with van der Waals surface area (Å²) in [7, 11) is -0.298. The lowest BCUT2D eigenvalue weighted by Crippen LogP contribution is -2.27. The molecule has 0 saturated carbocycles. The van der Waals surface area contributed by atoms with Crippen LogP contribution in [0.3, 0.4) is 0 Å². The van der Waals surface area contributed by atoms with Crippen LogP contribution in [0.5, 0.6) is 0 Å². The lowest BCUT2D eigenvalue weighted by atomic mass is 9.96. The van der Waals surface area contributed by atoms with Crippen molar-refractivity contribution in [3.63, 3.8) is 0 Å². The van der Waals surface area contributed by atoms with Crippen LogP contribution in [0.4, 0.5) is 5.69 Å². The number of nitrogens with zero attached hydrogens (tertiary/aromatic N) is 1. The molecule has 0 saturated heterocycles. The van der Waals surface area contributed by atoms with Crippen molar-refractivity contribution in [2.75, 3.05) is 0 Å². The molecule has 0 N–H and O–H groups in total. The Kier molecular flexibility index (Phi) is 6.83. The molecule has 1 atom stereocenters. The molecule has 4 heteroatoms. The summed E-state index contributed by atoms with van der Waals surface area (Å²) >= 11 is 0. The standard InChI is InChI=1S/C30H22NO2S/c1-4-30(2,24-17-19-25(31-3)20-18-24)33-29(32)23-15-21-28(22-16-23)34(26-11-7-5-8-12-26)27-13-9-6-10-14-27/h1,5-22H,2H3/q+1. The average Bonchev–Trinajstić information content (AvgIpc) is 2.90. The normalized spacial score (nSPS) is 12.2. The van der Waals surface area contributed by atoms with E-state index in [1.807, 2.05) is 48.5 Å². The number of ether oxygens (including phenoxy) is 1. The highest BCUT2D eigenvalue weighted by Crippen LogP contribution is 2.32. The Hall–Kier alpha value is -4.25. The van der Waals surface area contributed by atoms with Crippen molar-refractivity contribution in [1.29, 1.82) is 0 Å². The van der Waals surface area contributed by atoms with Gasteiger partial charge in [-0.3, -0.25) is 0 Å². The van der Waals surface area contributed by atoms with Crippen molar-refractivity contribution in [2.45, 2.75) is 27.2 Å². The molecule has 0 aliphatic carbocycles. The smallest absolute Gasteiger partial charge is 0.339 e. The molecule has 0 fully saturated rings. The molecule has 4 aromatic rings. The van der Waals surface area contributed by atoms with Gasteiger partial charge in [0.2, 0.25) is 0 Å². The van der Waals surface area contributed by atoms with E-state index >= 15 is 0 Å². The molecule has 0 spiro atoms. The highest BCUT2D eigenvalue weighted by atomic mass is 32.2. The number of rotatable bonds is 6. The summed E-state index contributed by atoms with van der Waals surface area (Å²) < 4.78 is 5.75. The molecule has 0 radical (unpaired) electrons. The Morgan fingerprint density at radius 3 is 1.79 bits per heavy atom. The number of hydrogen-bond acceptors (Lipinski definition) is 2. The predicted octanol–water partition coefficient (Wildman–Crippen LogP) is 7.04. The van der Waals surface area contributed by atoms with E-state index < -0.39 is 11.6 Å². The number of benzene rings is 4. The van der Waals surface area contributed by atoms with E-state index in [-0.39, 0.29) is 10.9 Å². The van der Waals surface area contributed by atoms with Crippen LogP contribution < -0.4 is 0 Å². The van der Waals surface area contributed by atoms with Crippen LogP contribution in [-0.2, 0) is 21.2 Å². The van der Waals surface area contributed by atoms with Gasteiger partial charge in [0.1, 0.15) is 0 Å². The lowest BCUT2D eigenvalue weighted by molar-refractivity contribution is 0.0129. The maximum Gasteiger partial charge on any atom is 0.339 e. The van der Waals surface area contributed by atoms with Crippen LogP contribution in [0.2, 0.25) is 0 Å². The molecule has 4 aromatic carbocycles. The molecule has 0 bridgehead atoms. The van der Waals surface area contributed by atoms with Crippen molar-refractivity contribution in [3.8, 4) is 12.3 Å². The molecule has 1 unspecified atom stereocenters. The Morgan fingerprint density at radius 2 is 1.32 bits per heavy atom. The van der Waals surface area contributed by atoms with Gasteiger partial charge in [0.25, 0.3) is 0 Å². The minimum atomic E-state index is -1.24. The van der Waals surface area contributed by atoms with Crippen molar-refractivity contribution in [3.05, 3.63) is 132 Å². The first-order chi connectivity index (χ1) is 16.5. The van der Waals surface area contributed by atoms with Gasteiger partial charge in [0.15, 0.2) is 26.0 Å². The Morgan fingerprint density at radius 1 is 0.824 bits per heavy atom. The highest BCUT2D eigenvalue weighted by molar-refractivity contribution is 7.97. The highest BCUT2D eigenvalue weighted by Gasteiger charge is 2.31. The number of hydrogen-bond donors (Lipinski definition) is 0. The van der Waals surface area contributed by atoms with Crippen LogP contribution in [0, 0.1) is 18.9 Å². The summed E-state index contributed by atoms with van der Waals surface area (Å²) in [5.41, 5.74) is 0.321. The maximum atomic E-state index is 13.0. The fraction of sp³-hybridized carbons (Fsp3) is 0.0667. The van der Waals surface area contributed by atoms with E-state index in [2.05, 4.69) is 35.0 Å². The molecule has 0 aliphatic rings. The van der Waals surface area contributed by atoms with Gasteiger partial charge >= 0.3 is 5.97 Å². The van der Waals surface area contributed by atoms with E-state index in [9.17, 15) is 4.79 Å². The van der Waals surface area contributed by atoms with Crippen molar-refractivity contribution >= 4 is 22.6 Å². The number of terminal acetylenes is 1. The predicted molar refractivity (Wildman–Crippen MR) is 136 cm³/mol. The maximum absolute atomic E-state index is 13.0. The second-order valence-corrected chi connectivity index (χ2v) is 9.71. The van der Waals surface area contributed by atoms with Gasteiger partial charge in [-0.25, -0.2) is 9.64 Å². The van der Waals surface area contributed by atoms with Gasteiger partial charge < -0.3 is 4.74 Å². The molecular formula is C30H22NO2S+. The first kappa shape index (κ1) is 22.9. The van der Waals surface area contributed by atoms with E-state index in [0.29, 0.717) is 16.8 Å². The molecule has 0 aromatic heterocycles. The first-order valence-electron chi connectivity index (χ1n) is 10.7. The number of carbonyl (C=O) groups is 1. The monoisotopic (exact) mass is 460 g/mol. The quantitative estimate of drug-likeness (QED) is 0.134. The second-order valence-electron chi connectivity index (χ2n) is 7.68. The Labute approximate surface area is 203 Å². The average molecular weight is 461 g/mol. The molecule has 34 heavy (non-hydrogen) atoms. The van der Waals surface area contributed by atoms with Gasteiger partial charge in [-0.1, -0.05) is 66.6 Å². The van der Waals surface area contributed by atoms with Gasteiger partial charge in [0, 0.05) is 5.56 Å². The Balaban J connectivity index is 1.60. The topological polar surface area (TPSA) is 30.7 Å². The van der Waals surface area contributed by atoms with Gasteiger partial charge in [-0.15, -0.1) is 6.42 Å². The summed E-state index contributed by atoms with van der Waals surface area (Å²) in [5.74, 6) is 2.09. The molecule has 4 rings (SSSR count). The first-order valence-corrected chi connectivity index (χ1v) is 11.9. The Bertz CT molecular complexity index is 1310. The third-order valence-electron chi connectivity index (χ3n) is 5.40. The van der Waals surface area contributed by atoms with Crippen molar-refractivity contribution < 1.29 is 9.53 Å². The van der Waals surface area contributed by atoms with Crippen LogP contribution in [0.1, 0.15) is 22.8 Å². The summed E-state index contributed by atoms with van der Waals surface area (Å²) in [5, 5.41) is 0. The van der Waals surface area contributed by atoms with Gasteiger partial charge in [-0.2, -0.15) is 0 Å². The van der Waals surface area contributed by atoms with Crippen LogP contribution in [-0.4, -0.2) is 5.97 Å². The van der Waals surface area contributed by atoms with Gasteiger partial charge in [0.05, 0.1) is 23.0 Å². The molecule has 0 aliphatic heterocycles. The minimum absolute atomic E-state index is 0.298. The lowest BCUT2D eigenvalue weighted by Gasteiger charge is -2.24. The fourth-order valence-electron chi connectivity index (χ4n) is 3.52. The molecule has 3 nitrogen and oxygen atoms in total. The van der Waals surface area contributed by atoms with Crippen molar-refractivity contribution in [2.24, 2.45) is 0 Å². The third-order valence-corrected chi connectivity index (χ3v) is 7.63. The van der Waals surface area contributed by atoms with E-state index in [0.717, 1.165) is 4.90 Å². The zero-order valence-corrected chi connectivity index (χ0v) is 19.5. The number of esters is 1. The summed E-state index contributed by atoms with van der Waals surface area (Å²) in [6, 6.07) is 34.9. The van der Waals surface area contributed by atoms with E-state index in [1.54, 1.807) is 43.3 Å². The zero-order valence-electron chi connectivity index (χ0n) is 18.6. The molecule has 0 heterocycles. The largest absolute Gasteiger partial charge is 0.438 e. The molecular weight excluding hydrogens is 438 g/mol. The summed E-state index contributed by atoms with van der Waals surface area (Å²) in [6.45, 7) is 8.77. The van der Waals surface area contributed by atoms with Crippen LogP contribution in [0.25, 0.3) is 4.85 Å². The fourth-order valence-corrected chi connectivity index (χ4v) is 5.60. The van der Waals surface area contributed by atoms with E-state index in [4.69, 9.17) is 17.7 Å². The number of carbonyl (C=O) groups excluding carboxylic acids is 1. The third kappa shape index (κ3) is 4.89. The minimum Gasteiger partial charge on any atom is -0.438 e. The summed E-state index contributed by atoms with van der Waals surface area (Å²) in [6.07, 6.45) is 5.74. The second kappa shape index (κ2) is 10.1. The van der Waals surface area contributed by atoms with E-state index in [1.165, 1.54) is 9.79 Å². The van der Waals surface area contributed by atoms with Crippen LogP contribution in [0.15, 0.2) is 124 Å².